The summed E-state index contributed by atoms with van der Waals surface area (Å²) in [6, 6.07) is 6.12. The van der Waals surface area contributed by atoms with Crippen molar-refractivity contribution in [3.05, 3.63) is 29.8 Å². The number of aliphatic hydroxyl groups is 2. The van der Waals surface area contributed by atoms with Crippen LogP contribution in [0, 0.1) is 40.4 Å². The molecule has 3 unspecified atom stereocenters. The number of rotatable bonds is 9. The number of hydrogen-bond acceptors (Lipinski definition) is 11. The molecule has 14 atom stereocenters. The minimum atomic E-state index is -1.70. The number of methoxy groups -OCH3 is 4. The molecule has 2 heterocycles. The van der Waals surface area contributed by atoms with Gasteiger partial charge >= 0.3 is 5.97 Å². The van der Waals surface area contributed by atoms with Gasteiger partial charge in [-0.15, -0.1) is 0 Å². The number of carbonyl (C=O) groups excluding carboxylic acids is 3. The van der Waals surface area contributed by atoms with Crippen molar-refractivity contribution in [1.82, 2.24) is 4.90 Å². The van der Waals surface area contributed by atoms with Crippen LogP contribution in [0.3, 0.4) is 0 Å². The highest BCUT2D eigenvalue weighted by Gasteiger charge is 2.91. The lowest BCUT2D eigenvalue weighted by atomic mass is 9.42. The highest BCUT2D eigenvalue weighted by atomic mass is 16.5. The molecule has 8 rings (SSSR count). The number of benzene rings is 1. The standard InChI is InChI=1S/C37H50N2O10/c1-7-38-17-34(18-49-32(42)20-10-8-9-11-23(20)39-26(40)14-19(2)31(39)41)13-12-25(46-4)36-22-15-21-24(45-3)16-35(43,27(22)28(21)47-5)37(44,33(36)38)30(48-6)29(34)36/h8-11,19,21-22,24-25,27-30,33,43-44H,7,12-18H2,1-6H3/t19-,21+,22+,24-,25-,27+,28-,29+,30-,33?,34-,35+,36?,37?/m0/s1. The predicted molar refractivity (Wildman–Crippen MR) is 174 cm³/mol. The SMILES string of the molecule is CCN1C[C@]2(COC(=O)c3ccccc3N3C(=O)C[C@H](C)C3=O)CC[C@H](OC)C34C1C(O)([C@@H](OC)[C@@H]32)[C@@]1(O)C[C@H](OC)[C@H]2C[C@@H]4[C@@H]1[C@H]2OC. The van der Waals surface area contributed by atoms with E-state index in [1.54, 1.807) is 59.6 Å². The van der Waals surface area contributed by atoms with E-state index in [2.05, 4.69) is 11.8 Å². The third kappa shape index (κ3) is 3.86. The van der Waals surface area contributed by atoms with Crippen molar-refractivity contribution < 1.29 is 48.3 Å². The molecule has 0 radical (unpaired) electrons. The van der Waals surface area contributed by atoms with Crippen LogP contribution in [-0.2, 0) is 33.3 Å². The topological polar surface area (TPSA) is 144 Å². The van der Waals surface area contributed by atoms with Gasteiger partial charge in [0.05, 0.1) is 48.3 Å². The van der Waals surface area contributed by atoms with E-state index < -0.39 is 46.1 Å². The molecule has 2 saturated heterocycles. The summed E-state index contributed by atoms with van der Waals surface area (Å²) >= 11 is 0. The molecule has 2 N–H and O–H groups in total. The van der Waals surface area contributed by atoms with Crippen LogP contribution in [0.5, 0.6) is 0 Å². The number of esters is 1. The number of carbonyl (C=O) groups is 3. The summed E-state index contributed by atoms with van der Waals surface area (Å²) in [5.74, 6) is -2.47. The second kappa shape index (κ2) is 11.3. The number of para-hydroxylation sites is 1. The zero-order valence-corrected chi connectivity index (χ0v) is 29.3. The van der Waals surface area contributed by atoms with Gasteiger partial charge < -0.3 is 33.9 Å². The monoisotopic (exact) mass is 682 g/mol. The lowest BCUT2D eigenvalue weighted by Crippen LogP contribution is -2.82. The van der Waals surface area contributed by atoms with Crippen LogP contribution in [0.2, 0.25) is 0 Å². The first kappa shape index (κ1) is 33.7. The molecule has 7 bridgehead atoms. The Kier molecular flexibility index (Phi) is 7.75. The molecular formula is C37H50N2O10. The minimum absolute atomic E-state index is 0.0358. The van der Waals surface area contributed by atoms with E-state index in [9.17, 15) is 24.6 Å². The molecule has 49 heavy (non-hydrogen) atoms. The first-order valence-electron chi connectivity index (χ1n) is 17.9. The Balaban J connectivity index is 1.23. The predicted octanol–water partition coefficient (Wildman–Crippen LogP) is 2.04. The number of hydrogen-bond donors (Lipinski definition) is 2. The zero-order chi connectivity index (χ0) is 34.8. The summed E-state index contributed by atoms with van der Waals surface area (Å²) in [6.45, 7) is 4.95. The summed E-state index contributed by atoms with van der Waals surface area (Å²) in [5, 5.41) is 26.6. The van der Waals surface area contributed by atoms with Crippen molar-refractivity contribution in [2.75, 3.05) is 53.0 Å². The number of nitrogens with zero attached hydrogens (tertiary/aromatic N) is 2. The highest BCUT2D eigenvalue weighted by Crippen LogP contribution is 2.80. The molecule has 12 nitrogen and oxygen atoms in total. The molecule has 7 aliphatic rings. The van der Waals surface area contributed by atoms with Gasteiger partial charge in [-0.25, -0.2) is 9.69 Å². The maximum Gasteiger partial charge on any atom is 0.340 e. The van der Waals surface area contributed by atoms with Crippen LogP contribution in [0.1, 0.15) is 56.3 Å². The van der Waals surface area contributed by atoms with Gasteiger partial charge in [0.25, 0.3) is 0 Å². The van der Waals surface area contributed by atoms with Gasteiger partial charge in [-0.1, -0.05) is 26.0 Å². The van der Waals surface area contributed by atoms with Crippen LogP contribution in [-0.4, -0.2) is 123 Å². The van der Waals surface area contributed by atoms with Crippen molar-refractivity contribution in [2.45, 2.75) is 87.6 Å². The molecule has 1 spiro atoms. The number of ether oxygens (including phenoxy) is 5. The molecule has 1 aromatic rings. The molecule has 5 saturated carbocycles. The van der Waals surface area contributed by atoms with Crippen LogP contribution in [0.25, 0.3) is 0 Å². The second-order valence-corrected chi connectivity index (χ2v) is 16.0. The van der Waals surface area contributed by atoms with Crippen LogP contribution in [0.4, 0.5) is 5.69 Å². The van der Waals surface area contributed by atoms with E-state index in [1.165, 1.54) is 0 Å². The smallest absolute Gasteiger partial charge is 0.340 e. The fourth-order valence-electron chi connectivity index (χ4n) is 13.2. The lowest BCUT2D eigenvalue weighted by Gasteiger charge is -2.70. The first-order chi connectivity index (χ1) is 23.4. The maximum atomic E-state index is 14.1. The average molecular weight is 683 g/mol. The third-order valence-electron chi connectivity index (χ3n) is 14.5. The van der Waals surface area contributed by atoms with Gasteiger partial charge in [0, 0.05) is 82.3 Å². The van der Waals surface area contributed by atoms with E-state index in [0.717, 1.165) is 11.3 Å². The number of fused-ring (bicyclic) bond motifs is 2. The van der Waals surface area contributed by atoms with E-state index in [0.29, 0.717) is 25.9 Å². The fraction of sp³-hybridized carbons (Fsp3) is 0.757. The summed E-state index contributed by atoms with van der Waals surface area (Å²) < 4.78 is 31.4. The molecular weight excluding hydrogens is 632 g/mol. The van der Waals surface area contributed by atoms with Gasteiger partial charge in [0.2, 0.25) is 11.8 Å². The quantitative estimate of drug-likeness (QED) is 0.292. The van der Waals surface area contributed by atoms with Gasteiger partial charge in [-0.3, -0.25) is 14.5 Å². The number of likely N-dealkylation sites (N-methyl/N-ethyl adjacent to an activating group) is 1. The molecule has 5 aliphatic carbocycles. The summed E-state index contributed by atoms with van der Waals surface area (Å²) in [4.78, 5) is 43.3. The molecule has 7 fully saturated rings. The third-order valence-corrected chi connectivity index (χ3v) is 14.5. The van der Waals surface area contributed by atoms with Crippen LogP contribution < -0.4 is 4.90 Å². The number of likely N-dealkylation sites (tertiary alicyclic amines) is 1. The van der Waals surface area contributed by atoms with E-state index in [4.69, 9.17) is 23.7 Å². The second-order valence-electron chi connectivity index (χ2n) is 16.0. The van der Waals surface area contributed by atoms with E-state index in [-0.39, 0.29) is 84.5 Å². The Labute approximate surface area is 287 Å². The zero-order valence-electron chi connectivity index (χ0n) is 29.3. The number of imide groups is 1. The van der Waals surface area contributed by atoms with Gasteiger partial charge in [-0.2, -0.15) is 0 Å². The van der Waals surface area contributed by atoms with Crippen LogP contribution >= 0.6 is 0 Å². The maximum absolute atomic E-state index is 14.1. The Morgan fingerprint density at radius 2 is 1.80 bits per heavy atom. The summed E-state index contributed by atoms with van der Waals surface area (Å²) in [6.07, 6.45) is 0.813. The van der Waals surface area contributed by atoms with Crippen molar-refractivity contribution >= 4 is 23.5 Å². The lowest BCUT2D eigenvalue weighted by molar-refractivity contribution is -0.320. The molecule has 1 aromatic carbocycles. The van der Waals surface area contributed by atoms with Gasteiger partial charge in [0.1, 0.15) is 11.2 Å². The molecule has 2 amide bonds. The van der Waals surface area contributed by atoms with Crippen LogP contribution in [0.15, 0.2) is 24.3 Å². The Bertz CT molecular complexity index is 1560. The van der Waals surface area contributed by atoms with E-state index in [1.807, 2.05) is 0 Å². The Morgan fingerprint density at radius 3 is 2.43 bits per heavy atom. The van der Waals surface area contributed by atoms with Crippen molar-refractivity contribution in [3.63, 3.8) is 0 Å². The number of piperidine rings is 1. The molecule has 268 valence electrons. The first-order valence-corrected chi connectivity index (χ1v) is 17.9. The van der Waals surface area contributed by atoms with E-state index >= 15 is 0 Å². The van der Waals surface area contributed by atoms with Crippen molar-refractivity contribution in [2.24, 2.45) is 40.4 Å². The van der Waals surface area contributed by atoms with Gasteiger partial charge in [-0.05, 0) is 43.9 Å². The molecule has 12 heteroatoms. The molecule has 0 aromatic heterocycles. The summed E-state index contributed by atoms with van der Waals surface area (Å²) in [7, 11) is 6.70. The number of amides is 2. The number of anilines is 1. The fourth-order valence-corrected chi connectivity index (χ4v) is 13.2. The van der Waals surface area contributed by atoms with Crippen molar-refractivity contribution in [3.8, 4) is 0 Å². The highest BCUT2D eigenvalue weighted by molar-refractivity contribution is 6.22. The normalized spacial score (nSPS) is 48.0. The van der Waals surface area contributed by atoms with Gasteiger partial charge in [0.15, 0.2) is 0 Å². The summed E-state index contributed by atoms with van der Waals surface area (Å²) in [5.41, 5.74) is -4.17. The molecule has 2 aliphatic heterocycles. The minimum Gasteiger partial charge on any atom is -0.461 e. The largest absolute Gasteiger partial charge is 0.461 e. The Morgan fingerprint density at radius 1 is 1.04 bits per heavy atom. The van der Waals surface area contributed by atoms with Crippen molar-refractivity contribution in [1.29, 1.82) is 0 Å². The Hall–Kier alpha value is -2.45. The average Bonchev–Trinajstić information content (AvgIpc) is 3.63.